The number of carboxylic acid groups (broad SMARTS) is 1. The molecule has 48 heavy (non-hydrogen) atoms. The van der Waals surface area contributed by atoms with Crippen molar-refractivity contribution in [3.05, 3.63) is 143 Å². The van der Waals surface area contributed by atoms with Gasteiger partial charge < -0.3 is 14.2 Å². The van der Waals surface area contributed by atoms with Gasteiger partial charge in [-0.05, 0) is 59.7 Å². The number of rotatable bonds is 5. The van der Waals surface area contributed by atoms with Crippen molar-refractivity contribution in [2.24, 2.45) is 0 Å². The molecule has 0 spiro atoms. The summed E-state index contributed by atoms with van der Waals surface area (Å²) in [5.41, 5.74) is 6.68. The third-order valence-corrected chi connectivity index (χ3v) is 8.26. The molecule has 0 aliphatic rings. The van der Waals surface area contributed by atoms with Crippen molar-refractivity contribution >= 4 is 72.8 Å². The Bertz CT molecular complexity index is 2520. The smallest absolute Gasteiger partial charge is 0.337 e. The summed E-state index contributed by atoms with van der Waals surface area (Å²) in [6.07, 6.45) is 13.5. The number of halogens is 2. The van der Waals surface area contributed by atoms with Crippen LogP contribution in [0.3, 0.4) is 0 Å². The molecular formula is C37H27Cl2N7O2. The lowest BCUT2D eigenvalue weighted by Crippen LogP contribution is -1.99. The van der Waals surface area contributed by atoms with Crippen molar-refractivity contribution in [2.45, 2.75) is 20.5 Å². The second kappa shape index (κ2) is 13.5. The van der Waals surface area contributed by atoms with Crippen LogP contribution < -0.4 is 0 Å². The van der Waals surface area contributed by atoms with Crippen LogP contribution >= 0.6 is 23.2 Å². The van der Waals surface area contributed by atoms with Gasteiger partial charge in [0.15, 0.2) is 0 Å². The molecule has 0 saturated carbocycles. The zero-order valence-electron chi connectivity index (χ0n) is 24.5. The average Bonchev–Trinajstić information content (AvgIpc) is 3.63. The summed E-state index contributed by atoms with van der Waals surface area (Å²) >= 11 is 12.0. The Balaban J connectivity index is 0.000000164. The van der Waals surface area contributed by atoms with E-state index >= 15 is 0 Å². The van der Waals surface area contributed by atoms with E-state index in [0.717, 1.165) is 49.4 Å². The zero-order chi connectivity index (χ0) is 32.5. The molecular weight excluding hydrogens is 645 g/mol. The van der Waals surface area contributed by atoms with Crippen LogP contribution in [0.2, 0.25) is 10.0 Å². The lowest BCUT2D eigenvalue weighted by Gasteiger charge is -2.07. The Morgan fingerprint density at radius 1 is 0.729 bits per heavy atom. The first-order valence-corrected chi connectivity index (χ1v) is 15.2. The highest BCUT2D eigenvalue weighted by Crippen LogP contribution is 2.25. The van der Waals surface area contributed by atoms with Gasteiger partial charge in [0.2, 0.25) is 0 Å². The second-order valence-corrected chi connectivity index (χ2v) is 11.8. The summed E-state index contributed by atoms with van der Waals surface area (Å²) in [4.78, 5) is 28.1. The topological polar surface area (TPSA) is 123 Å². The molecule has 0 aliphatic heterocycles. The molecule has 0 amide bonds. The predicted molar refractivity (Wildman–Crippen MR) is 190 cm³/mol. The number of hydrogen-bond donors (Lipinski definition) is 1. The molecule has 11 heteroatoms. The van der Waals surface area contributed by atoms with Gasteiger partial charge in [-0.25, -0.2) is 4.79 Å². The normalized spacial score (nSPS) is 10.9. The summed E-state index contributed by atoms with van der Waals surface area (Å²) in [7, 11) is 0. The van der Waals surface area contributed by atoms with Crippen molar-refractivity contribution in [1.82, 2.24) is 29.1 Å². The van der Waals surface area contributed by atoms with E-state index in [0.29, 0.717) is 34.1 Å². The summed E-state index contributed by atoms with van der Waals surface area (Å²) in [6.45, 7) is 1.22. The van der Waals surface area contributed by atoms with Gasteiger partial charge in [0.25, 0.3) is 0 Å². The van der Waals surface area contributed by atoms with Crippen molar-refractivity contribution in [2.75, 3.05) is 0 Å². The maximum atomic E-state index is 11.4. The summed E-state index contributed by atoms with van der Waals surface area (Å²) < 4.78 is 3.98. The minimum Gasteiger partial charge on any atom is -0.478 e. The standard InChI is InChI=1S/C18H11ClN4.C18H12ClN3O2.CH4/c19-15-6-13-5-12(1-2-17(13)22-8-15)10-23-11-14(7-20)16-9-21-4-3-18(16)23;19-13-6-12-5-11(1-2-16(12)21-7-13)9-22-10-15(18(23)24)14-8-20-4-3-17(14)22;/h1-6,8-9,11H,10H2;1-8,10H,9H2,(H,23,24);1H4. The van der Waals surface area contributed by atoms with Crippen molar-refractivity contribution in [1.29, 1.82) is 5.26 Å². The van der Waals surface area contributed by atoms with E-state index in [1.165, 1.54) is 0 Å². The van der Waals surface area contributed by atoms with Gasteiger partial charge >= 0.3 is 5.97 Å². The van der Waals surface area contributed by atoms with Gasteiger partial charge in [-0.15, -0.1) is 0 Å². The van der Waals surface area contributed by atoms with Crippen molar-refractivity contribution in [3.63, 3.8) is 0 Å². The van der Waals surface area contributed by atoms with Crippen LogP contribution in [0.15, 0.2) is 110 Å². The number of pyridine rings is 4. The average molecular weight is 673 g/mol. The molecule has 6 aromatic heterocycles. The number of aromatic nitrogens is 6. The second-order valence-electron chi connectivity index (χ2n) is 10.9. The lowest BCUT2D eigenvalue weighted by atomic mass is 10.1. The number of nitriles is 1. The fourth-order valence-electron chi connectivity index (χ4n) is 5.70. The number of nitrogens with zero attached hydrogens (tertiary/aromatic N) is 7. The quantitative estimate of drug-likeness (QED) is 0.194. The van der Waals surface area contributed by atoms with Crippen molar-refractivity contribution in [3.8, 4) is 6.07 Å². The van der Waals surface area contributed by atoms with Crippen LogP contribution in [-0.4, -0.2) is 40.1 Å². The highest BCUT2D eigenvalue weighted by molar-refractivity contribution is 6.31. The molecule has 0 unspecified atom stereocenters. The molecule has 0 fully saturated rings. The summed E-state index contributed by atoms with van der Waals surface area (Å²) in [5.74, 6) is -0.957. The van der Waals surface area contributed by atoms with Gasteiger partial charge in [-0.3, -0.25) is 19.9 Å². The molecule has 236 valence electrons. The van der Waals surface area contributed by atoms with Crippen LogP contribution in [0, 0.1) is 11.3 Å². The minimum absolute atomic E-state index is 0. The highest BCUT2D eigenvalue weighted by atomic mass is 35.5. The number of hydrogen-bond acceptors (Lipinski definition) is 6. The first kappa shape index (κ1) is 32.1. The van der Waals surface area contributed by atoms with Crippen LogP contribution in [0.25, 0.3) is 43.6 Å². The van der Waals surface area contributed by atoms with Crippen LogP contribution in [0.4, 0.5) is 0 Å². The van der Waals surface area contributed by atoms with Gasteiger partial charge in [-0.2, -0.15) is 5.26 Å². The fraction of sp³-hybridized carbons (Fsp3) is 0.0811. The van der Waals surface area contributed by atoms with E-state index in [2.05, 4.69) is 36.6 Å². The fourth-order valence-corrected chi connectivity index (χ4v) is 6.03. The highest BCUT2D eigenvalue weighted by Gasteiger charge is 2.14. The van der Waals surface area contributed by atoms with E-state index in [4.69, 9.17) is 23.2 Å². The Morgan fingerprint density at radius 2 is 1.25 bits per heavy atom. The largest absolute Gasteiger partial charge is 0.478 e. The molecule has 1 N–H and O–H groups in total. The van der Waals surface area contributed by atoms with Gasteiger partial charge in [-0.1, -0.05) is 42.8 Å². The molecule has 8 aromatic rings. The van der Waals surface area contributed by atoms with Crippen molar-refractivity contribution < 1.29 is 9.90 Å². The Kier molecular flexibility index (Phi) is 9.04. The molecule has 2 aromatic carbocycles. The van der Waals surface area contributed by atoms with E-state index in [-0.39, 0.29) is 13.0 Å². The third kappa shape index (κ3) is 6.40. The van der Waals surface area contributed by atoms with Crippen LogP contribution in [0.1, 0.15) is 34.5 Å². The van der Waals surface area contributed by atoms with E-state index in [1.807, 2.05) is 65.4 Å². The first-order chi connectivity index (χ1) is 22.9. The SMILES string of the molecule is C.N#Cc1cn(Cc2ccc3ncc(Cl)cc3c2)c2ccncc12.O=C(O)c1cn(Cc2ccc3ncc(Cl)cc3c2)c2ccncc12. The molecule has 6 heterocycles. The van der Waals surface area contributed by atoms with Gasteiger partial charge in [0.1, 0.15) is 6.07 Å². The number of carboxylic acids is 1. The molecule has 0 bridgehead atoms. The summed E-state index contributed by atoms with van der Waals surface area (Å²) in [5, 5.41) is 23.3. The third-order valence-electron chi connectivity index (χ3n) is 7.85. The maximum absolute atomic E-state index is 11.4. The number of aromatic carboxylic acids is 1. The Hall–Kier alpha value is -5.82. The van der Waals surface area contributed by atoms with Crippen LogP contribution in [0.5, 0.6) is 0 Å². The summed E-state index contributed by atoms with van der Waals surface area (Å²) in [6, 6.07) is 21.8. The monoisotopic (exact) mass is 671 g/mol. The van der Waals surface area contributed by atoms with E-state index < -0.39 is 5.97 Å². The van der Waals surface area contributed by atoms with Gasteiger partial charge in [0.05, 0.1) is 43.2 Å². The molecule has 0 aliphatic carbocycles. The molecule has 0 atom stereocenters. The number of benzene rings is 2. The number of fused-ring (bicyclic) bond motifs is 4. The Morgan fingerprint density at radius 3 is 1.79 bits per heavy atom. The molecule has 8 rings (SSSR count). The molecule has 0 saturated heterocycles. The van der Waals surface area contributed by atoms with Gasteiger partial charge in [0, 0.05) is 84.2 Å². The maximum Gasteiger partial charge on any atom is 0.337 e. The predicted octanol–water partition coefficient (Wildman–Crippen LogP) is 8.78. The number of carbonyl (C=O) groups is 1. The van der Waals surface area contributed by atoms with E-state index in [9.17, 15) is 15.2 Å². The van der Waals surface area contributed by atoms with E-state index in [1.54, 1.807) is 43.4 Å². The van der Waals surface area contributed by atoms with Crippen LogP contribution in [-0.2, 0) is 13.1 Å². The zero-order valence-corrected chi connectivity index (χ0v) is 26.1. The molecule has 9 nitrogen and oxygen atoms in total. The Labute approximate surface area is 285 Å². The minimum atomic E-state index is -0.957. The lowest BCUT2D eigenvalue weighted by molar-refractivity contribution is 0.0698. The molecule has 0 radical (unpaired) electrons. The first-order valence-electron chi connectivity index (χ1n) is 14.4.